The smallest absolute Gasteiger partial charge is 0.146 e. The minimum Gasteiger partial charge on any atom is -0.307 e. The molecular weight excluding hydrogens is 114 g/mol. The van der Waals surface area contributed by atoms with E-state index < -0.39 is 0 Å². The van der Waals surface area contributed by atoms with Crippen LogP contribution >= 0.6 is 0 Å². The van der Waals surface area contributed by atoms with Crippen molar-refractivity contribution in [3.8, 4) is 0 Å². The standard InChI is InChI=1S/C7H11NO/c1-4(9)7-6-2-5(6)3-8-7/h5-8H,2-3H2,1H3/t5-,6-,7+/m0/s1. The minimum atomic E-state index is 0.218. The number of hydrogen-bond donors (Lipinski definition) is 1. The molecule has 9 heavy (non-hydrogen) atoms. The maximum atomic E-state index is 10.8. The summed E-state index contributed by atoms with van der Waals surface area (Å²) >= 11 is 0. The highest BCUT2D eigenvalue weighted by Crippen LogP contribution is 2.45. The summed E-state index contributed by atoms with van der Waals surface area (Å²) in [5.41, 5.74) is 0. The van der Waals surface area contributed by atoms with Crippen molar-refractivity contribution in [3.63, 3.8) is 0 Å². The average Bonchev–Trinajstić information content (AvgIpc) is 2.43. The minimum absolute atomic E-state index is 0.218. The summed E-state index contributed by atoms with van der Waals surface area (Å²) in [4.78, 5) is 10.8. The highest BCUT2D eigenvalue weighted by atomic mass is 16.1. The van der Waals surface area contributed by atoms with E-state index >= 15 is 0 Å². The summed E-state index contributed by atoms with van der Waals surface area (Å²) in [5.74, 6) is 1.88. The lowest BCUT2D eigenvalue weighted by Crippen LogP contribution is -2.32. The van der Waals surface area contributed by atoms with Gasteiger partial charge in [0.2, 0.25) is 0 Å². The summed E-state index contributed by atoms with van der Waals surface area (Å²) < 4.78 is 0. The molecule has 2 aliphatic rings. The topological polar surface area (TPSA) is 29.1 Å². The molecule has 0 bridgehead atoms. The Kier molecular flexibility index (Phi) is 0.943. The lowest BCUT2D eigenvalue weighted by Gasteiger charge is -2.06. The third kappa shape index (κ3) is 0.697. The lowest BCUT2D eigenvalue weighted by atomic mass is 10.1. The zero-order valence-corrected chi connectivity index (χ0v) is 5.55. The number of hydrogen-bond acceptors (Lipinski definition) is 2. The first-order chi connectivity index (χ1) is 4.29. The molecule has 2 fully saturated rings. The van der Waals surface area contributed by atoms with E-state index in [2.05, 4.69) is 5.32 Å². The third-order valence-electron chi connectivity index (χ3n) is 2.44. The SMILES string of the molecule is CC(=O)[C@H]1NC[C@@H]2C[C@@H]21. The summed E-state index contributed by atoms with van der Waals surface area (Å²) in [6.07, 6.45) is 1.29. The molecule has 1 saturated heterocycles. The van der Waals surface area contributed by atoms with Crippen molar-refractivity contribution in [2.75, 3.05) is 6.54 Å². The monoisotopic (exact) mass is 125 g/mol. The first kappa shape index (κ1) is 5.42. The summed E-state index contributed by atoms with van der Waals surface area (Å²) in [7, 11) is 0. The number of rotatable bonds is 1. The van der Waals surface area contributed by atoms with Crippen molar-refractivity contribution < 1.29 is 4.79 Å². The molecule has 0 aromatic heterocycles. The van der Waals surface area contributed by atoms with Gasteiger partial charge in [0.15, 0.2) is 0 Å². The van der Waals surface area contributed by atoms with Crippen LogP contribution in [-0.4, -0.2) is 18.4 Å². The summed E-state index contributed by atoms with van der Waals surface area (Å²) in [5, 5.41) is 3.21. The second-order valence-corrected chi connectivity index (χ2v) is 3.16. The number of carbonyl (C=O) groups is 1. The van der Waals surface area contributed by atoms with Gasteiger partial charge in [0, 0.05) is 0 Å². The number of carbonyl (C=O) groups excluding carboxylic acids is 1. The predicted molar refractivity (Wildman–Crippen MR) is 34.1 cm³/mol. The van der Waals surface area contributed by atoms with Crippen LogP contribution < -0.4 is 5.32 Å². The van der Waals surface area contributed by atoms with Gasteiger partial charge >= 0.3 is 0 Å². The molecule has 1 N–H and O–H groups in total. The van der Waals surface area contributed by atoms with Crippen LogP contribution in [0.3, 0.4) is 0 Å². The Balaban J connectivity index is 2.06. The van der Waals surface area contributed by atoms with Crippen LogP contribution in [0.2, 0.25) is 0 Å². The van der Waals surface area contributed by atoms with Gasteiger partial charge in [-0.3, -0.25) is 4.79 Å². The van der Waals surface area contributed by atoms with Crippen LogP contribution in [0.25, 0.3) is 0 Å². The van der Waals surface area contributed by atoms with Gasteiger partial charge in [-0.15, -0.1) is 0 Å². The third-order valence-corrected chi connectivity index (χ3v) is 2.44. The zero-order chi connectivity index (χ0) is 6.43. The van der Waals surface area contributed by atoms with E-state index in [1.807, 2.05) is 0 Å². The van der Waals surface area contributed by atoms with Gasteiger partial charge < -0.3 is 5.32 Å². The molecule has 1 saturated carbocycles. The number of nitrogens with one attached hydrogen (secondary N) is 1. The number of ketones is 1. The van der Waals surface area contributed by atoms with E-state index in [0.29, 0.717) is 11.7 Å². The van der Waals surface area contributed by atoms with Crippen LogP contribution in [0, 0.1) is 11.8 Å². The fourth-order valence-corrected chi connectivity index (χ4v) is 1.79. The molecule has 1 heterocycles. The number of piperidine rings is 1. The first-order valence-corrected chi connectivity index (χ1v) is 3.53. The molecule has 2 heteroatoms. The highest BCUT2D eigenvalue weighted by molar-refractivity contribution is 5.82. The van der Waals surface area contributed by atoms with E-state index in [1.165, 1.54) is 6.42 Å². The number of Topliss-reactive ketones (excluding diaryl/α,β-unsaturated/α-hetero) is 1. The Bertz CT molecular complexity index is 155. The van der Waals surface area contributed by atoms with E-state index in [-0.39, 0.29) is 6.04 Å². The predicted octanol–water partition coefficient (Wildman–Crippen LogP) is 0.183. The maximum Gasteiger partial charge on any atom is 0.146 e. The molecule has 0 spiro atoms. The average molecular weight is 125 g/mol. The van der Waals surface area contributed by atoms with Crippen molar-refractivity contribution in [1.29, 1.82) is 0 Å². The fraction of sp³-hybridized carbons (Fsp3) is 0.857. The molecule has 0 aromatic rings. The van der Waals surface area contributed by atoms with Gasteiger partial charge in [-0.2, -0.15) is 0 Å². The summed E-state index contributed by atoms with van der Waals surface area (Å²) in [6, 6.07) is 0.218. The summed E-state index contributed by atoms with van der Waals surface area (Å²) in [6.45, 7) is 2.76. The molecular formula is C7H11NO. The Morgan fingerprint density at radius 3 is 2.67 bits per heavy atom. The van der Waals surface area contributed by atoms with E-state index in [1.54, 1.807) is 6.92 Å². The van der Waals surface area contributed by atoms with Gasteiger partial charge in [-0.25, -0.2) is 0 Å². The lowest BCUT2D eigenvalue weighted by molar-refractivity contribution is -0.119. The van der Waals surface area contributed by atoms with Gasteiger partial charge in [0.25, 0.3) is 0 Å². The molecule has 0 unspecified atom stereocenters. The van der Waals surface area contributed by atoms with Gasteiger partial charge in [0.1, 0.15) is 5.78 Å². The molecule has 3 atom stereocenters. The second-order valence-electron chi connectivity index (χ2n) is 3.16. The van der Waals surface area contributed by atoms with Crippen LogP contribution in [0.5, 0.6) is 0 Å². The maximum absolute atomic E-state index is 10.8. The van der Waals surface area contributed by atoms with Gasteiger partial charge in [-0.1, -0.05) is 0 Å². The first-order valence-electron chi connectivity index (χ1n) is 3.53. The number of fused-ring (bicyclic) bond motifs is 1. The van der Waals surface area contributed by atoms with Crippen LogP contribution in [-0.2, 0) is 4.79 Å². The highest BCUT2D eigenvalue weighted by Gasteiger charge is 2.49. The molecule has 1 aliphatic carbocycles. The van der Waals surface area contributed by atoms with Gasteiger partial charge in [0.05, 0.1) is 6.04 Å². The van der Waals surface area contributed by atoms with E-state index in [0.717, 1.165) is 12.5 Å². The molecule has 0 amide bonds. The van der Waals surface area contributed by atoms with Crippen LogP contribution in [0.15, 0.2) is 0 Å². The van der Waals surface area contributed by atoms with Gasteiger partial charge in [-0.05, 0) is 31.7 Å². The van der Waals surface area contributed by atoms with Crippen molar-refractivity contribution in [2.45, 2.75) is 19.4 Å². The Morgan fingerprint density at radius 2 is 2.44 bits per heavy atom. The fourth-order valence-electron chi connectivity index (χ4n) is 1.79. The van der Waals surface area contributed by atoms with Crippen molar-refractivity contribution >= 4 is 5.78 Å². The zero-order valence-electron chi connectivity index (χ0n) is 5.55. The molecule has 1 aliphatic heterocycles. The Labute approximate surface area is 54.6 Å². The van der Waals surface area contributed by atoms with Crippen LogP contribution in [0.4, 0.5) is 0 Å². The van der Waals surface area contributed by atoms with Crippen LogP contribution in [0.1, 0.15) is 13.3 Å². The normalized spacial score (nSPS) is 46.6. The van der Waals surface area contributed by atoms with Crippen molar-refractivity contribution in [2.24, 2.45) is 11.8 Å². The van der Waals surface area contributed by atoms with E-state index in [9.17, 15) is 4.79 Å². The molecule has 50 valence electrons. The molecule has 2 rings (SSSR count). The van der Waals surface area contributed by atoms with Crippen molar-refractivity contribution in [1.82, 2.24) is 5.32 Å². The molecule has 0 aromatic carbocycles. The second kappa shape index (κ2) is 1.57. The Hall–Kier alpha value is -0.370. The quantitative estimate of drug-likeness (QED) is 0.541. The largest absolute Gasteiger partial charge is 0.307 e. The Morgan fingerprint density at radius 1 is 1.67 bits per heavy atom. The molecule has 2 nitrogen and oxygen atoms in total. The molecule has 0 radical (unpaired) electrons. The van der Waals surface area contributed by atoms with E-state index in [4.69, 9.17) is 0 Å². The van der Waals surface area contributed by atoms with Crippen molar-refractivity contribution in [3.05, 3.63) is 0 Å².